The van der Waals surface area contributed by atoms with Crippen LogP contribution in [-0.4, -0.2) is 54.6 Å². The largest absolute Gasteiger partial charge is 0.361 e. The smallest absolute Gasteiger partial charge is 0.241 e. The van der Waals surface area contributed by atoms with Crippen molar-refractivity contribution in [2.75, 3.05) is 19.8 Å². The zero-order valence-corrected chi connectivity index (χ0v) is 12.7. The van der Waals surface area contributed by atoms with Crippen LogP contribution < -0.4 is 0 Å². The summed E-state index contributed by atoms with van der Waals surface area (Å²) in [6, 6.07) is 1.16. The van der Waals surface area contributed by atoms with Crippen LogP contribution in [0.2, 0.25) is 0 Å². The summed E-state index contributed by atoms with van der Waals surface area (Å²) in [4.78, 5) is 13.9. The van der Waals surface area contributed by atoms with Gasteiger partial charge in [0.05, 0.1) is 12.8 Å². The van der Waals surface area contributed by atoms with Crippen LogP contribution >= 0.6 is 0 Å². The zero-order valence-electron chi connectivity index (χ0n) is 11.9. The van der Waals surface area contributed by atoms with Crippen LogP contribution in [0, 0.1) is 6.92 Å². The van der Waals surface area contributed by atoms with Gasteiger partial charge in [-0.2, -0.15) is 4.31 Å². The van der Waals surface area contributed by atoms with E-state index in [-0.39, 0.29) is 5.91 Å². The number of likely N-dealkylation sites (N-methyl/N-ethyl adjacent to an activating group) is 1. The molecule has 1 aromatic heterocycles. The van der Waals surface area contributed by atoms with Gasteiger partial charge >= 0.3 is 0 Å². The van der Waals surface area contributed by atoms with E-state index < -0.39 is 16.1 Å². The average Bonchev–Trinajstić information content (AvgIpc) is 2.96. The van der Waals surface area contributed by atoms with Crippen LogP contribution in [0.15, 0.2) is 10.6 Å². The van der Waals surface area contributed by atoms with Gasteiger partial charge in [-0.3, -0.25) is 4.79 Å². The summed E-state index contributed by atoms with van der Waals surface area (Å²) in [5.74, 6) is 0.480. The minimum absolute atomic E-state index is 0.200. The Morgan fingerprint density at radius 2 is 2.30 bits per heavy atom. The minimum atomic E-state index is -3.35. The monoisotopic (exact) mass is 301 g/mol. The van der Waals surface area contributed by atoms with Gasteiger partial charge in [0.1, 0.15) is 17.5 Å². The number of aryl methyl sites for hydroxylation is 1. The normalized spacial score (nSPS) is 20.2. The molecule has 1 aliphatic rings. The SMILES string of the molecule is Cc1cc(CN(C)C(=O)[C@H]2CCCN2S(C)(=O)=O)no1. The van der Waals surface area contributed by atoms with Crippen LogP contribution in [0.1, 0.15) is 24.3 Å². The van der Waals surface area contributed by atoms with Gasteiger partial charge in [0, 0.05) is 19.7 Å². The van der Waals surface area contributed by atoms with Crippen molar-refractivity contribution in [1.82, 2.24) is 14.4 Å². The molecule has 1 amide bonds. The number of hydrogen-bond donors (Lipinski definition) is 0. The highest BCUT2D eigenvalue weighted by Gasteiger charge is 2.37. The van der Waals surface area contributed by atoms with Crippen molar-refractivity contribution in [3.63, 3.8) is 0 Å². The van der Waals surface area contributed by atoms with Gasteiger partial charge in [-0.05, 0) is 19.8 Å². The number of hydrogen-bond acceptors (Lipinski definition) is 5. The molecule has 0 aromatic carbocycles. The fraction of sp³-hybridized carbons (Fsp3) is 0.667. The highest BCUT2D eigenvalue weighted by molar-refractivity contribution is 7.88. The Labute approximate surface area is 118 Å². The van der Waals surface area contributed by atoms with Gasteiger partial charge in [-0.15, -0.1) is 0 Å². The van der Waals surface area contributed by atoms with E-state index in [0.717, 1.165) is 6.26 Å². The summed E-state index contributed by atoms with van der Waals surface area (Å²) < 4.78 is 29.6. The Bertz CT molecular complexity index is 596. The van der Waals surface area contributed by atoms with Crippen molar-refractivity contribution >= 4 is 15.9 Å². The van der Waals surface area contributed by atoms with Crippen molar-refractivity contribution in [3.05, 3.63) is 17.5 Å². The van der Waals surface area contributed by atoms with Gasteiger partial charge in [-0.1, -0.05) is 5.16 Å². The van der Waals surface area contributed by atoms with Crippen molar-refractivity contribution < 1.29 is 17.7 Å². The third-order valence-electron chi connectivity index (χ3n) is 3.37. The van der Waals surface area contributed by atoms with Gasteiger partial charge in [0.2, 0.25) is 15.9 Å². The molecule has 8 heteroatoms. The first kappa shape index (κ1) is 15.0. The van der Waals surface area contributed by atoms with E-state index in [0.29, 0.717) is 37.4 Å². The molecule has 0 bridgehead atoms. The first-order valence-electron chi connectivity index (χ1n) is 6.43. The molecule has 112 valence electrons. The highest BCUT2D eigenvalue weighted by atomic mass is 32.2. The number of rotatable bonds is 4. The molecule has 1 aliphatic heterocycles. The Morgan fingerprint density at radius 1 is 1.60 bits per heavy atom. The zero-order chi connectivity index (χ0) is 14.9. The maximum Gasteiger partial charge on any atom is 0.241 e. The first-order valence-corrected chi connectivity index (χ1v) is 8.28. The van der Waals surface area contributed by atoms with Crippen molar-refractivity contribution in [2.24, 2.45) is 0 Å². The Morgan fingerprint density at radius 3 is 2.85 bits per heavy atom. The number of amides is 1. The van der Waals surface area contributed by atoms with Crippen molar-refractivity contribution in [2.45, 2.75) is 32.4 Å². The predicted molar refractivity (Wildman–Crippen MR) is 72.3 cm³/mol. The quantitative estimate of drug-likeness (QED) is 0.802. The molecule has 0 saturated carbocycles. The van der Waals surface area contributed by atoms with Crippen LogP contribution in [-0.2, 0) is 21.4 Å². The topological polar surface area (TPSA) is 83.7 Å². The second-order valence-corrected chi connectivity index (χ2v) is 7.09. The fourth-order valence-electron chi connectivity index (χ4n) is 2.45. The van der Waals surface area contributed by atoms with Gasteiger partial charge in [0.25, 0.3) is 0 Å². The lowest BCUT2D eigenvalue weighted by atomic mass is 10.2. The molecule has 1 atom stereocenters. The molecule has 0 N–H and O–H groups in total. The molecule has 2 heterocycles. The standard InChI is InChI=1S/C12H19N3O4S/c1-9-7-10(13-19-9)8-14(2)12(16)11-5-4-6-15(11)20(3,17)18/h7,11H,4-6,8H2,1-3H3/t11-/m1/s1. The molecule has 1 aromatic rings. The molecular formula is C12H19N3O4S. The Balaban J connectivity index is 2.06. The van der Waals surface area contributed by atoms with Crippen LogP contribution in [0.5, 0.6) is 0 Å². The summed E-state index contributed by atoms with van der Waals surface area (Å²) in [5, 5.41) is 3.83. The third kappa shape index (κ3) is 3.18. The number of carbonyl (C=O) groups is 1. The fourth-order valence-corrected chi connectivity index (χ4v) is 3.57. The van der Waals surface area contributed by atoms with Gasteiger partial charge < -0.3 is 9.42 Å². The number of aromatic nitrogens is 1. The molecule has 1 saturated heterocycles. The predicted octanol–water partition coefficient (Wildman–Crippen LogP) is 0.365. The molecule has 0 radical (unpaired) electrons. The van der Waals surface area contributed by atoms with Crippen molar-refractivity contribution in [1.29, 1.82) is 0 Å². The Kier molecular flexibility index (Phi) is 4.14. The minimum Gasteiger partial charge on any atom is -0.361 e. The molecule has 0 spiro atoms. The van der Waals surface area contributed by atoms with E-state index in [1.54, 1.807) is 20.0 Å². The van der Waals surface area contributed by atoms with E-state index in [1.165, 1.54) is 9.21 Å². The second kappa shape index (κ2) is 5.53. The Hall–Kier alpha value is -1.41. The van der Waals surface area contributed by atoms with Crippen LogP contribution in [0.25, 0.3) is 0 Å². The molecule has 1 fully saturated rings. The van der Waals surface area contributed by atoms with E-state index in [9.17, 15) is 13.2 Å². The lowest BCUT2D eigenvalue weighted by Crippen LogP contribution is -2.45. The summed E-state index contributed by atoms with van der Waals surface area (Å²) in [6.07, 6.45) is 2.41. The van der Waals surface area contributed by atoms with E-state index >= 15 is 0 Å². The van der Waals surface area contributed by atoms with Crippen LogP contribution in [0.3, 0.4) is 0 Å². The third-order valence-corrected chi connectivity index (χ3v) is 4.66. The molecule has 7 nitrogen and oxygen atoms in total. The lowest BCUT2D eigenvalue weighted by molar-refractivity contribution is -0.133. The maximum absolute atomic E-state index is 12.4. The van der Waals surface area contributed by atoms with E-state index in [1.807, 2.05) is 0 Å². The van der Waals surface area contributed by atoms with Crippen molar-refractivity contribution in [3.8, 4) is 0 Å². The van der Waals surface area contributed by atoms with Gasteiger partial charge in [0.15, 0.2) is 0 Å². The molecule has 2 rings (SSSR count). The molecule has 0 unspecified atom stereocenters. The summed E-state index contributed by atoms with van der Waals surface area (Å²) in [7, 11) is -1.70. The highest BCUT2D eigenvalue weighted by Crippen LogP contribution is 2.22. The first-order chi connectivity index (χ1) is 9.29. The van der Waals surface area contributed by atoms with E-state index in [2.05, 4.69) is 5.16 Å². The second-order valence-electron chi connectivity index (χ2n) is 5.15. The molecule has 20 heavy (non-hydrogen) atoms. The average molecular weight is 301 g/mol. The summed E-state index contributed by atoms with van der Waals surface area (Å²) in [5.41, 5.74) is 0.655. The molecular weight excluding hydrogens is 282 g/mol. The van der Waals surface area contributed by atoms with E-state index in [4.69, 9.17) is 4.52 Å². The summed E-state index contributed by atoms with van der Waals surface area (Å²) >= 11 is 0. The number of nitrogens with zero attached hydrogens (tertiary/aromatic N) is 3. The number of sulfonamides is 1. The maximum atomic E-state index is 12.4. The lowest BCUT2D eigenvalue weighted by Gasteiger charge is -2.25. The van der Waals surface area contributed by atoms with Gasteiger partial charge in [-0.25, -0.2) is 8.42 Å². The molecule has 0 aliphatic carbocycles. The number of carbonyl (C=O) groups excluding carboxylic acids is 1. The van der Waals surface area contributed by atoms with Crippen LogP contribution in [0.4, 0.5) is 0 Å². The summed E-state index contributed by atoms with van der Waals surface area (Å²) in [6.45, 7) is 2.50.